The predicted octanol–water partition coefficient (Wildman–Crippen LogP) is 5.12. The number of nitrogens with zero attached hydrogens (tertiary/aromatic N) is 2. The lowest BCUT2D eigenvalue weighted by molar-refractivity contribution is 0.101. The van der Waals surface area contributed by atoms with Crippen LogP contribution in [0.1, 0.15) is 16.2 Å². The van der Waals surface area contributed by atoms with Crippen molar-refractivity contribution in [1.29, 1.82) is 0 Å². The Kier molecular flexibility index (Phi) is 4.93. The minimum absolute atomic E-state index is 0.199. The number of aromatic nitrogens is 2. The van der Waals surface area contributed by atoms with Crippen molar-refractivity contribution >= 4 is 50.7 Å². The number of nitrogens with one attached hydrogen (secondary N) is 1. The van der Waals surface area contributed by atoms with E-state index in [1.807, 2.05) is 35.7 Å². The van der Waals surface area contributed by atoms with Gasteiger partial charge in [0.25, 0.3) is 11.5 Å². The van der Waals surface area contributed by atoms with Crippen molar-refractivity contribution in [2.75, 3.05) is 5.43 Å². The molecule has 5 nitrogen and oxygen atoms in total. The van der Waals surface area contributed by atoms with E-state index in [9.17, 15) is 9.59 Å². The van der Waals surface area contributed by atoms with Gasteiger partial charge in [-0.05, 0) is 30.7 Å². The first-order valence-electron chi connectivity index (χ1n) is 8.28. The van der Waals surface area contributed by atoms with E-state index in [4.69, 9.17) is 23.2 Å². The van der Waals surface area contributed by atoms with Crippen molar-refractivity contribution in [3.8, 4) is 11.1 Å². The third kappa shape index (κ3) is 3.30. The topological polar surface area (TPSA) is 64.0 Å². The monoisotopic (exact) mass is 429 g/mol. The first-order chi connectivity index (χ1) is 13.5. The van der Waals surface area contributed by atoms with E-state index < -0.39 is 5.91 Å². The van der Waals surface area contributed by atoms with E-state index in [2.05, 4.69) is 10.4 Å². The molecule has 0 saturated heterocycles. The van der Waals surface area contributed by atoms with Gasteiger partial charge in [0.2, 0.25) is 0 Å². The van der Waals surface area contributed by atoms with Gasteiger partial charge in [-0.2, -0.15) is 0 Å². The highest BCUT2D eigenvalue weighted by Crippen LogP contribution is 2.30. The van der Waals surface area contributed by atoms with Crippen LogP contribution in [0.2, 0.25) is 10.0 Å². The quantitative estimate of drug-likeness (QED) is 0.491. The lowest BCUT2D eigenvalue weighted by Gasteiger charge is -2.12. The maximum absolute atomic E-state index is 13.2. The smallest absolute Gasteiger partial charge is 0.267 e. The molecule has 2 heterocycles. The van der Waals surface area contributed by atoms with Crippen LogP contribution >= 0.6 is 34.5 Å². The minimum atomic E-state index is -0.524. The zero-order chi connectivity index (χ0) is 19.8. The SMILES string of the molecule is Cc1nc2scc(-c3ccccc3)c2c(=O)n1NC(=O)c1ccc(Cl)cc1Cl. The lowest BCUT2D eigenvalue weighted by atomic mass is 10.1. The summed E-state index contributed by atoms with van der Waals surface area (Å²) in [6.45, 7) is 1.66. The summed E-state index contributed by atoms with van der Waals surface area (Å²) in [5.74, 6) is -0.151. The van der Waals surface area contributed by atoms with Crippen LogP contribution in [0.25, 0.3) is 21.3 Å². The molecule has 0 saturated carbocycles. The van der Waals surface area contributed by atoms with E-state index in [0.29, 0.717) is 21.1 Å². The Morgan fingerprint density at radius 2 is 1.89 bits per heavy atom. The summed E-state index contributed by atoms with van der Waals surface area (Å²) in [6, 6.07) is 14.1. The van der Waals surface area contributed by atoms with Crippen LogP contribution < -0.4 is 11.0 Å². The molecule has 0 fully saturated rings. The maximum atomic E-state index is 13.2. The van der Waals surface area contributed by atoms with Gasteiger partial charge in [-0.1, -0.05) is 53.5 Å². The van der Waals surface area contributed by atoms with E-state index in [1.54, 1.807) is 13.0 Å². The van der Waals surface area contributed by atoms with Crippen molar-refractivity contribution in [3.05, 3.63) is 85.7 Å². The van der Waals surface area contributed by atoms with Crippen LogP contribution in [-0.4, -0.2) is 15.6 Å². The van der Waals surface area contributed by atoms with Crippen molar-refractivity contribution in [3.63, 3.8) is 0 Å². The average Bonchev–Trinajstić information content (AvgIpc) is 3.09. The number of rotatable bonds is 3. The molecule has 2 aromatic heterocycles. The average molecular weight is 430 g/mol. The van der Waals surface area contributed by atoms with Crippen LogP contribution in [0.3, 0.4) is 0 Å². The molecule has 140 valence electrons. The van der Waals surface area contributed by atoms with Gasteiger partial charge in [0, 0.05) is 16.0 Å². The Labute approximate surface area is 174 Å². The number of amides is 1. The third-order valence-corrected chi connectivity index (χ3v) is 5.67. The number of benzene rings is 2. The van der Waals surface area contributed by atoms with Gasteiger partial charge in [-0.3, -0.25) is 15.0 Å². The van der Waals surface area contributed by atoms with Crippen LogP contribution in [0.15, 0.2) is 58.7 Å². The molecule has 4 rings (SSSR count). The summed E-state index contributed by atoms with van der Waals surface area (Å²) in [6.07, 6.45) is 0. The molecule has 0 spiro atoms. The second kappa shape index (κ2) is 7.39. The fraction of sp³-hybridized carbons (Fsp3) is 0.0500. The molecule has 1 N–H and O–H groups in total. The van der Waals surface area contributed by atoms with Crippen molar-refractivity contribution in [2.45, 2.75) is 6.92 Å². The van der Waals surface area contributed by atoms with Gasteiger partial charge < -0.3 is 0 Å². The van der Waals surface area contributed by atoms with Crippen molar-refractivity contribution in [2.24, 2.45) is 0 Å². The summed E-state index contributed by atoms with van der Waals surface area (Å²) in [7, 11) is 0. The molecule has 28 heavy (non-hydrogen) atoms. The summed E-state index contributed by atoms with van der Waals surface area (Å²) < 4.78 is 1.15. The van der Waals surface area contributed by atoms with Gasteiger partial charge in [0.1, 0.15) is 10.7 Å². The summed E-state index contributed by atoms with van der Waals surface area (Å²) in [4.78, 5) is 30.9. The molecule has 8 heteroatoms. The predicted molar refractivity (Wildman–Crippen MR) is 114 cm³/mol. The molecule has 1 amide bonds. The number of thiophene rings is 1. The Hall–Kier alpha value is -2.67. The van der Waals surface area contributed by atoms with Gasteiger partial charge in [-0.25, -0.2) is 9.66 Å². The van der Waals surface area contributed by atoms with Gasteiger partial charge >= 0.3 is 0 Å². The fourth-order valence-electron chi connectivity index (χ4n) is 2.89. The van der Waals surface area contributed by atoms with Crippen LogP contribution in [0.4, 0.5) is 0 Å². The molecule has 0 bridgehead atoms. The fourth-order valence-corrected chi connectivity index (χ4v) is 4.37. The standard InChI is InChI=1S/C20H13Cl2N3O2S/c1-11-23-19-17(15(10-28-19)12-5-3-2-4-6-12)20(27)25(11)24-18(26)14-8-7-13(21)9-16(14)22/h2-10H,1H3,(H,24,26). The Balaban J connectivity index is 1.81. The molecule has 0 aliphatic carbocycles. The first-order valence-corrected chi connectivity index (χ1v) is 9.92. The van der Waals surface area contributed by atoms with E-state index in [0.717, 1.165) is 15.8 Å². The first kappa shape index (κ1) is 18.7. The number of carbonyl (C=O) groups excluding carboxylic acids is 1. The number of halogens is 2. The normalized spacial score (nSPS) is 11.0. The summed E-state index contributed by atoms with van der Waals surface area (Å²) in [5.41, 5.74) is 4.16. The van der Waals surface area contributed by atoms with Crippen molar-refractivity contribution < 1.29 is 4.79 Å². The molecule has 4 aromatic rings. The van der Waals surface area contributed by atoms with E-state index >= 15 is 0 Å². The van der Waals surface area contributed by atoms with Gasteiger partial charge in [-0.15, -0.1) is 11.3 Å². The number of aryl methyl sites for hydroxylation is 1. The second-order valence-corrected chi connectivity index (χ2v) is 7.76. The highest BCUT2D eigenvalue weighted by molar-refractivity contribution is 7.17. The molecule has 2 aromatic carbocycles. The number of hydrogen-bond acceptors (Lipinski definition) is 4. The zero-order valence-corrected chi connectivity index (χ0v) is 16.9. The van der Waals surface area contributed by atoms with Crippen LogP contribution in [0, 0.1) is 6.92 Å². The van der Waals surface area contributed by atoms with Crippen LogP contribution in [0.5, 0.6) is 0 Å². The zero-order valence-electron chi connectivity index (χ0n) is 14.6. The number of hydrogen-bond donors (Lipinski definition) is 1. The molecular formula is C20H13Cl2N3O2S. The maximum Gasteiger partial charge on any atom is 0.281 e. The van der Waals surface area contributed by atoms with Crippen molar-refractivity contribution in [1.82, 2.24) is 9.66 Å². The summed E-state index contributed by atoms with van der Waals surface area (Å²) >= 11 is 13.4. The Bertz CT molecular complexity index is 1270. The highest BCUT2D eigenvalue weighted by atomic mass is 35.5. The lowest BCUT2D eigenvalue weighted by Crippen LogP contribution is -2.35. The number of fused-ring (bicyclic) bond motifs is 1. The molecule has 0 aliphatic rings. The van der Waals surface area contributed by atoms with Gasteiger partial charge in [0.15, 0.2) is 0 Å². The Morgan fingerprint density at radius 3 is 2.61 bits per heavy atom. The molecule has 0 aliphatic heterocycles. The molecule has 0 unspecified atom stereocenters. The summed E-state index contributed by atoms with van der Waals surface area (Å²) in [5, 5.41) is 2.98. The molecule has 0 radical (unpaired) electrons. The number of carbonyl (C=O) groups is 1. The second-order valence-electron chi connectivity index (χ2n) is 6.06. The highest BCUT2D eigenvalue weighted by Gasteiger charge is 2.18. The van der Waals surface area contributed by atoms with E-state index in [-0.39, 0.29) is 16.1 Å². The minimum Gasteiger partial charge on any atom is -0.267 e. The van der Waals surface area contributed by atoms with E-state index in [1.165, 1.54) is 23.5 Å². The van der Waals surface area contributed by atoms with Gasteiger partial charge in [0.05, 0.1) is 16.0 Å². The third-order valence-electron chi connectivity index (χ3n) is 4.25. The largest absolute Gasteiger partial charge is 0.281 e. The molecule has 0 atom stereocenters. The molecular weight excluding hydrogens is 417 g/mol. The van der Waals surface area contributed by atoms with Crippen LogP contribution in [-0.2, 0) is 0 Å². The Morgan fingerprint density at radius 1 is 1.14 bits per heavy atom.